The zero-order valence-electron chi connectivity index (χ0n) is 13.1. The predicted molar refractivity (Wildman–Crippen MR) is 87.1 cm³/mol. The van der Waals surface area contributed by atoms with Crippen molar-refractivity contribution >= 4 is 5.91 Å². The first-order valence-electron chi connectivity index (χ1n) is 8.05. The van der Waals surface area contributed by atoms with E-state index in [9.17, 15) is 9.90 Å². The van der Waals surface area contributed by atoms with Crippen LogP contribution >= 0.6 is 0 Å². The van der Waals surface area contributed by atoms with Gasteiger partial charge < -0.3 is 10.0 Å². The number of rotatable bonds is 7. The number of aliphatic hydroxyl groups excluding tert-OH is 1. The summed E-state index contributed by atoms with van der Waals surface area (Å²) in [6.45, 7) is 0.821. The van der Waals surface area contributed by atoms with Gasteiger partial charge >= 0.3 is 0 Å². The molecule has 3 rings (SSSR count). The summed E-state index contributed by atoms with van der Waals surface area (Å²) in [5.74, 6) is 1.04. The molecule has 1 aliphatic carbocycles. The van der Waals surface area contributed by atoms with Crippen molar-refractivity contribution in [2.75, 3.05) is 19.7 Å². The van der Waals surface area contributed by atoms with E-state index in [0.29, 0.717) is 24.7 Å². The third-order valence-corrected chi connectivity index (χ3v) is 4.01. The molecule has 0 spiro atoms. The summed E-state index contributed by atoms with van der Waals surface area (Å²) in [4.78, 5) is 23.0. The normalized spacial score (nSPS) is 13.8. The number of carbonyl (C=O) groups is 1. The van der Waals surface area contributed by atoms with Gasteiger partial charge in [-0.1, -0.05) is 30.3 Å². The molecule has 2 aromatic rings. The summed E-state index contributed by atoms with van der Waals surface area (Å²) in [5.41, 5.74) is 1.59. The third kappa shape index (κ3) is 4.13. The van der Waals surface area contributed by atoms with Crippen molar-refractivity contribution in [2.24, 2.45) is 0 Å². The zero-order chi connectivity index (χ0) is 16.1. The molecule has 1 aromatic carbocycles. The number of hydrogen-bond acceptors (Lipinski definition) is 4. The van der Waals surface area contributed by atoms with E-state index in [1.165, 1.54) is 5.56 Å². The van der Waals surface area contributed by atoms with Gasteiger partial charge in [0, 0.05) is 25.2 Å². The van der Waals surface area contributed by atoms with Crippen molar-refractivity contribution < 1.29 is 9.90 Å². The summed E-state index contributed by atoms with van der Waals surface area (Å²) in [6, 6.07) is 11.7. The second-order valence-electron chi connectivity index (χ2n) is 5.83. The number of hydrogen-bond donors (Lipinski definition) is 1. The molecule has 1 heterocycles. The van der Waals surface area contributed by atoms with E-state index in [1.54, 1.807) is 17.2 Å². The average Bonchev–Trinajstić information content (AvgIpc) is 3.44. The van der Waals surface area contributed by atoms with Gasteiger partial charge in [-0.15, -0.1) is 0 Å². The largest absolute Gasteiger partial charge is 0.395 e. The molecule has 0 unspecified atom stereocenters. The minimum absolute atomic E-state index is 0.0545. The van der Waals surface area contributed by atoms with Gasteiger partial charge in [0.1, 0.15) is 11.5 Å². The molecule has 23 heavy (non-hydrogen) atoms. The maximum absolute atomic E-state index is 12.7. The summed E-state index contributed by atoms with van der Waals surface area (Å²) >= 11 is 0. The third-order valence-electron chi connectivity index (χ3n) is 4.01. The highest BCUT2D eigenvalue weighted by Crippen LogP contribution is 2.37. The molecule has 1 fully saturated rings. The molecule has 0 bridgehead atoms. The summed E-state index contributed by atoms with van der Waals surface area (Å²) in [5, 5.41) is 9.26. The van der Waals surface area contributed by atoms with Crippen LogP contribution in [-0.2, 0) is 6.42 Å². The fourth-order valence-electron chi connectivity index (χ4n) is 2.54. The Hall–Kier alpha value is -2.27. The molecule has 1 saturated carbocycles. The fraction of sp³-hybridized carbons (Fsp3) is 0.389. The summed E-state index contributed by atoms with van der Waals surface area (Å²) in [7, 11) is 0. The first kappa shape index (κ1) is 15.6. The second-order valence-corrected chi connectivity index (χ2v) is 5.83. The lowest BCUT2D eigenvalue weighted by Gasteiger charge is -2.21. The van der Waals surface area contributed by atoms with E-state index in [4.69, 9.17) is 0 Å². The second kappa shape index (κ2) is 7.33. The molecular formula is C18H21N3O2. The van der Waals surface area contributed by atoms with Crippen molar-refractivity contribution in [2.45, 2.75) is 25.2 Å². The lowest BCUT2D eigenvalue weighted by atomic mass is 10.1. The minimum Gasteiger partial charge on any atom is -0.395 e. The molecule has 5 nitrogen and oxygen atoms in total. The van der Waals surface area contributed by atoms with E-state index in [0.717, 1.165) is 25.1 Å². The van der Waals surface area contributed by atoms with Crippen LogP contribution in [0.25, 0.3) is 0 Å². The van der Waals surface area contributed by atoms with Crippen LogP contribution in [-0.4, -0.2) is 45.6 Å². The molecule has 5 heteroatoms. The Morgan fingerprint density at radius 3 is 2.65 bits per heavy atom. The number of amides is 1. The minimum atomic E-state index is -0.140. The van der Waals surface area contributed by atoms with E-state index >= 15 is 0 Å². The predicted octanol–water partition coefficient (Wildman–Crippen LogP) is 2.03. The van der Waals surface area contributed by atoms with Crippen molar-refractivity contribution in [3.8, 4) is 0 Å². The van der Waals surface area contributed by atoms with E-state index in [2.05, 4.69) is 9.97 Å². The fourth-order valence-corrected chi connectivity index (χ4v) is 2.54. The van der Waals surface area contributed by atoms with Gasteiger partial charge in [-0.2, -0.15) is 0 Å². The van der Waals surface area contributed by atoms with Gasteiger partial charge in [0.25, 0.3) is 5.91 Å². The maximum Gasteiger partial charge on any atom is 0.272 e. The number of benzene rings is 1. The van der Waals surface area contributed by atoms with Crippen molar-refractivity contribution in [1.82, 2.24) is 14.9 Å². The Labute approximate surface area is 136 Å². The van der Waals surface area contributed by atoms with Crippen LogP contribution in [0.5, 0.6) is 0 Å². The molecule has 1 aromatic heterocycles. The molecule has 120 valence electrons. The molecule has 1 aliphatic rings. The van der Waals surface area contributed by atoms with Crippen LogP contribution in [0.4, 0.5) is 0 Å². The Morgan fingerprint density at radius 1 is 1.17 bits per heavy atom. The van der Waals surface area contributed by atoms with Gasteiger partial charge in [0.15, 0.2) is 0 Å². The number of nitrogens with zero attached hydrogens (tertiary/aromatic N) is 3. The maximum atomic E-state index is 12.7. The van der Waals surface area contributed by atoms with Crippen LogP contribution in [0.2, 0.25) is 0 Å². The van der Waals surface area contributed by atoms with Gasteiger partial charge in [0.2, 0.25) is 0 Å². The van der Waals surface area contributed by atoms with Crippen LogP contribution < -0.4 is 0 Å². The van der Waals surface area contributed by atoms with Gasteiger partial charge in [-0.05, 0) is 30.9 Å². The van der Waals surface area contributed by atoms with E-state index in [1.807, 2.05) is 30.3 Å². The van der Waals surface area contributed by atoms with E-state index in [-0.39, 0.29) is 12.5 Å². The standard InChI is InChI=1S/C18H21N3O2/c22-13-12-21(11-9-14-4-2-1-3-5-14)18(23)16-8-10-19-17(20-16)15-6-7-15/h1-5,8,10,15,22H,6-7,9,11-13H2. The number of aliphatic hydroxyl groups is 1. The number of carbonyl (C=O) groups excluding carboxylic acids is 1. The molecule has 1 N–H and O–H groups in total. The SMILES string of the molecule is O=C(c1ccnc(C2CC2)n1)N(CCO)CCc1ccccc1. The van der Waals surface area contributed by atoms with E-state index < -0.39 is 0 Å². The quantitative estimate of drug-likeness (QED) is 0.849. The topological polar surface area (TPSA) is 66.3 Å². The highest BCUT2D eigenvalue weighted by Gasteiger charge is 2.27. The number of aromatic nitrogens is 2. The Kier molecular flexibility index (Phi) is 4.98. The first-order valence-corrected chi connectivity index (χ1v) is 8.05. The highest BCUT2D eigenvalue weighted by molar-refractivity contribution is 5.92. The molecule has 0 radical (unpaired) electrons. The van der Waals surface area contributed by atoms with Crippen molar-refractivity contribution in [3.05, 3.63) is 59.7 Å². The van der Waals surface area contributed by atoms with Crippen LogP contribution in [0.1, 0.15) is 40.6 Å². The average molecular weight is 311 g/mol. The molecule has 0 saturated heterocycles. The van der Waals surface area contributed by atoms with Gasteiger partial charge in [-0.3, -0.25) is 4.79 Å². The van der Waals surface area contributed by atoms with Gasteiger partial charge in [-0.25, -0.2) is 9.97 Å². The summed E-state index contributed by atoms with van der Waals surface area (Å²) in [6.07, 6.45) is 4.62. The van der Waals surface area contributed by atoms with Gasteiger partial charge in [0.05, 0.1) is 6.61 Å². The van der Waals surface area contributed by atoms with Crippen LogP contribution in [0, 0.1) is 0 Å². The van der Waals surface area contributed by atoms with Crippen LogP contribution in [0.15, 0.2) is 42.6 Å². The lowest BCUT2D eigenvalue weighted by Crippen LogP contribution is -2.36. The molecule has 1 amide bonds. The highest BCUT2D eigenvalue weighted by atomic mass is 16.3. The zero-order valence-corrected chi connectivity index (χ0v) is 13.1. The monoisotopic (exact) mass is 311 g/mol. The van der Waals surface area contributed by atoms with Crippen molar-refractivity contribution in [1.29, 1.82) is 0 Å². The molecule has 0 atom stereocenters. The van der Waals surface area contributed by atoms with Crippen molar-refractivity contribution in [3.63, 3.8) is 0 Å². The summed E-state index contributed by atoms with van der Waals surface area (Å²) < 4.78 is 0. The lowest BCUT2D eigenvalue weighted by molar-refractivity contribution is 0.0717. The Morgan fingerprint density at radius 2 is 1.96 bits per heavy atom. The molecular weight excluding hydrogens is 290 g/mol. The first-order chi connectivity index (χ1) is 11.3. The molecule has 0 aliphatic heterocycles. The smallest absolute Gasteiger partial charge is 0.272 e. The Bertz CT molecular complexity index is 656. The Balaban J connectivity index is 1.69. The van der Waals surface area contributed by atoms with Crippen LogP contribution in [0.3, 0.4) is 0 Å².